The molecule has 2 fully saturated rings. The second-order valence-corrected chi connectivity index (χ2v) is 7.91. The molecule has 7 heteroatoms. The number of ether oxygens (including phenoxy) is 2. The van der Waals surface area contributed by atoms with E-state index in [1.54, 1.807) is 7.11 Å². The van der Waals surface area contributed by atoms with Crippen LogP contribution in [0.3, 0.4) is 0 Å². The number of rotatable bonds is 2. The zero-order valence-electron chi connectivity index (χ0n) is 14.5. The molecule has 25 heavy (non-hydrogen) atoms. The standard InChI is InChI=1S/C18H22BrN3O3/c1-21-17(23)10-25-11-18(21)5-3-13(4-6-18)22-9-12-7-14(19)16(24-2)8-15(12)20-22/h7-9,13H,3-6,10-11H2,1-2H3. The van der Waals surface area contributed by atoms with E-state index in [2.05, 4.69) is 26.8 Å². The third kappa shape index (κ3) is 2.83. The molecule has 1 aromatic carbocycles. The summed E-state index contributed by atoms with van der Waals surface area (Å²) in [6.07, 6.45) is 5.99. The van der Waals surface area contributed by atoms with Crippen LogP contribution >= 0.6 is 15.9 Å². The van der Waals surface area contributed by atoms with Crippen LogP contribution in [-0.2, 0) is 9.53 Å². The summed E-state index contributed by atoms with van der Waals surface area (Å²) in [7, 11) is 3.57. The summed E-state index contributed by atoms with van der Waals surface area (Å²) >= 11 is 3.53. The lowest BCUT2D eigenvalue weighted by atomic mass is 9.78. The Labute approximate surface area is 155 Å². The number of fused-ring (bicyclic) bond motifs is 1. The van der Waals surface area contributed by atoms with Gasteiger partial charge in [0.25, 0.3) is 0 Å². The molecule has 1 saturated heterocycles. The fourth-order valence-corrected chi connectivity index (χ4v) is 4.58. The van der Waals surface area contributed by atoms with Crippen LogP contribution in [0.1, 0.15) is 31.7 Å². The van der Waals surface area contributed by atoms with Crippen molar-refractivity contribution in [3.63, 3.8) is 0 Å². The number of nitrogens with zero attached hydrogens (tertiary/aromatic N) is 3. The van der Waals surface area contributed by atoms with Crippen LogP contribution in [0.2, 0.25) is 0 Å². The van der Waals surface area contributed by atoms with Gasteiger partial charge in [0.05, 0.1) is 35.3 Å². The quantitative estimate of drug-likeness (QED) is 0.766. The lowest BCUT2D eigenvalue weighted by Gasteiger charge is -2.48. The van der Waals surface area contributed by atoms with Crippen LogP contribution in [0, 0.1) is 0 Å². The van der Waals surface area contributed by atoms with Crippen LogP contribution in [0.15, 0.2) is 22.8 Å². The van der Waals surface area contributed by atoms with E-state index in [4.69, 9.17) is 14.6 Å². The summed E-state index contributed by atoms with van der Waals surface area (Å²) < 4.78 is 13.9. The molecule has 1 aliphatic carbocycles. The van der Waals surface area contributed by atoms with E-state index < -0.39 is 0 Å². The monoisotopic (exact) mass is 407 g/mol. The lowest BCUT2D eigenvalue weighted by molar-refractivity contribution is -0.158. The van der Waals surface area contributed by atoms with Gasteiger partial charge in [-0.3, -0.25) is 9.48 Å². The first-order valence-electron chi connectivity index (χ1n) is 8.59. The number of hydrogen-bond acceptors (Lipinski definition) is 4. The molecule has 1 saturated carbocycles. The number of hydrogen-bond donors (Lipinski definition) is 0. The maximum atomic E-state index is 12.0. The normalized spacial score (nSPS) is 27.2. The maximum Gasteiger partial charge on any atom is 0.248 e. The molecule has 4 rings (SSSR count). The van der Waals surface area contributed by atoms with Crippen LogP contribution in [0.5, 0.6) is 5.75 Å². The van der Waals surface area contributed by atoms with Gasteiger partial charge in [-0.25, -0.2) is 0 Å². The summed E-state index contributed by atoms with van der Waals surface area (Å²) in [6, 6.07) is 4.36. The largest absolute Gasteiger partial charge is 0.495 e. The van der Waals surface area contributed by atoms with Crippen LogP contribution in [0.4, 0.5) is 0 Å². The third-order valence-corrected chi connectivity index (χ3v) is 6.36. The molecule has 0 bridgehead atoms. The number of methoxy groups -OCH3 is 1. The molecule has 0 unspecified atom stereocenters. The fourth-order valence-electron chi connectivity index (χ4n) is 4.06. The van der Waals surface area contributed by atoms with Crippen molar-refractivity contribution in [2.75, 3.05) is 27.4 Å². The Morgan fingerprint density at radius 2 is 2.12 bits per heavy atom. The summed E-state index contributed by atoms with van der Waals surface area (Å²) in [4.78, 5) is 13.9. The van der Waals surface area contributed by atoms with Crippen molar-refractivity contribution in [2.45, 2.75) is 37.3 Å². The summed E-state index contributed by atoms with van der Waals surface area (Å²) in [5.74, 6) is 0.881. The first-order valence-corrected chi connectivity index (χ1v) is 9.38. The molecule has 0 radical (unpaired) electrons. The highest BCUT2D eigenvalue weighted by molar-refractivity contribution is 9.10. The molecule has 1 aliphatic heterocycles. The second-order valence-electron chi connectivity index (χ2n) is 7.06. The number of carbonyl (C=O) groups excluding carboxylic acids is 1. The number of halogens is 1. The predicted octanol–water partition coefficient (Wildman–Crippen LogP) is 3.15. The zero-order chi connectivity index (χ0) is 17.6. The van der Waals surface area contributed by atoms with E-state index in [-0.39, 0.29) is 18.1 Å². The molecular weight excluding hydrogens is 386 g/mol. The fraction of sp³-hybridized carbons (Fsp3) is 0.556. The second kappa shape index (κ2) is 6.29. The van der Waals surface area contributed by atoms with Crippen molar-refractivity contribution in [2.24, 2.45) is 0 Å². The molecule has 0 atom stereocenters. The molecule has 1 spiro atoms. The molecule has 2 heterocycles. The Kier molecular flexibility index (Phi) is 4.24. The number of aromatic nitrogens is 2. The molecule has 1 aromatic heterocycles. The van der Waals surface area contributed by atoms with Gasteiger partial charge in [0, 0.05) is 24.7 Å². The Hall–Kier alpha value is -1.60. The van der Waals surface area contributed by atoms with E-state index >= 15 is 0 Å². The van der Waals surface area contributed by atoms with Gasteiger partial charge in [0.15, 0.2) is 0 Å². The molecule has 1 amide bonds. The van der Waals surface area contributed by atoms with Crippen molar-refractivity contribution >= 4 is 32.7 Å². The van der Waals surface area contributed by atoms with Crippen molar-refractivity contribution in [3.05, 3.63) is 22.8 Å². The highest BCUT2D eigenvalue weighted by Gasteiger charge is 2.44. The van der Waals surface area contributed by atoms with Crippen LogP contribution in [0.25, 0.3) is 10.9 Å². The molecule has 6 nitrogen and oxygen atoms in total. The maximum absolute atomic E-state index is 12.0. The highest BCUT2D eigenvalue weighted by Crippen LogP contribution is 2.40. The van der Waals surface area contributed by atoms with Gasteiger partial charge >= 0.3 is 0 Å². The van der Waals surface area contributed by atoms with Crippen molar-refractivity contribution in [1.29, 1.82) is 0 Å². The molecule has 2 aromatic rings. The number of likely N-dealkylation sites (N-methyl/N-ethyl adjacent to an activating group) is 1. The van der Waals surface area contributed by atoms with Gasteiger partial charge in [0.2, 0.25) is 5.91 Å². The zero-order valence-corrected chi connectivity index (χ0v) is 16.1. The van der Waals surface area contributed by atoms with Gasteiger partial charge in [-0.05, 0) is 47.7 Å². The Balaban J connectivity index is 1.54. The van der Waals surface area contributed by atoms with E-state index in [1.165, 1.54) is 0 Å². The Bertz CT molecular complexity index is 811. The van der Waals surface area contributed by atoms with Gasteiger partial charge in [-0.2, -0.15) is 5.10 Å². The number of benzene rings is 1. The molecule has 2 aliphatic rings. The molecule has 0 N–H and O–H groups in total. The number of carbonyl (C=O) groups is 1. The number of amides is 1. The summed E-state index contributed by atoms with van der Waals surface area (Å²) in [6.45, 7) is 0.857. The van der Waals surface area contributed by atoms with Crippen molar-refractivity contribution in [3.8, 4) is 5.75 Å². The first kappa shape index (κ1) is 16.8. The number of morpholine rings is 1. The van der Waals surface area contributed by atoms with Crippen molar-refractivity contribution < 1.29 is 14.3 Å². The lowest BCUT2D eigenvalue weighted by Crippen LogP contribution is -2.59. The smallest absolute Gasteiger partial charge is 0.248 e. The van der Waals surface area contributed by atoms with E-state index in [0.717, 1.165) is 46.8 Å². The van der Waals surface area contributed by atoms with Gasteiger partial charge < -0.3 is 14.4 Å². The summed E-state index contributed by atoms with van der Waals surface area (Å²) in [5.41, 5.74) is 0.804. The minimum absolute atomic E-state index is 0.0893. The van der Waals surface area contributed by atoms with E-state index in [9.17, 15) is 4.79 Å². The average Bonchev–Trinajstić information content (AvgIpc) is 3.02. The Morgan fingerprint density at radius 3 is 2.84 bits per heavy atom. The SMILES string of the molecule is COc1cc2nn(C3CCC4(CC3)COCC(=O)N4C)cc2cc1Br. The highest BCUT2D eigenvalue weighted by atomic mass is 79.9. The van der Waals surface area contributed by atoms with Crippen LogP contribution < -0.4 is 4.74 Å². The van der Waals surface area contributed by atoms with Gasteiger partial charge in [0.1, 0.15) is 12.4 Å². The minimum Gasteiger partial charge on any atom is -0.495 e. The molecular formula is C18H22BrN3O3. The van der Waals surface area contributed by atoms with E-state index in [1.807, 2.05) is 24.1 Å². The van der Waals surface area contributed by atoms with Crippen molar-refractivity contribution in [1.82, 2.24) is 14.7 Å². The van der Waals surface area contributed by atoms with Crippen LogP contribution in [-0.4, -0.2) is 53.5 Å². The average molecular weight is 408 g/mol. The predicted molar refractivity (Wildman–Crippen MR) is 97.8 cm³/mol. The Morgan fingerprint density at radius 1 is 1.36 bits per heavy atom. The topological polar surface area (TPSA) is 56.6 Å². The first-order chi connectivity index (χ1) is 12.0. The summed E-state index contributed by atoms with van der Waals surface area (Å²) in [5, 5.41) is 5.86. The molecule has 134 valence electrons. The minimum atomic E-state index is -0.134. The van der Waals surface area contributed by atoms with Gasteiger partial charge in [-0.15, -0.1) is 0 Å². The third-order valence-electron chi connectivity index (χ3n) is 5.74. The van der Waals surface area contributed by atoms with E-state index in [0.29, 0.717) is 12.6 Å². The van der Waals surface area contributed by atoms with Gasteiger partial charge in [-0.1, -0.05) is 0 Å².